The standard InChI is InChI=1S/C10H16N2O5/c1-6(3-4-16-2)11-9(13)8-5-7(10(14)15)12-17-8/h6,8H,3-5H2,1-2H3,(H,11,13)(H,14,15). The minimum Gasteiger partial charge on any atom is -0.477 e. The zero-order valence-corrected chi connectivity index (χ0v) is 9.80. The van der Waals surface area contributed by atoms with E-state index in [9.17, 15) is 9.59 Å². The fourth-order valence-corrected chi connectivity index (χ4v) is 1.35. The van der Waals surface area contributed by atoms with Crippen LogP contribution in [0, 0.1) is 0 Å². The van der Waals surface area contributed by atoms with E-state index >= 15 is 0 Å². The van der Waals surface area contributed by atoms with Crippen LogP contribution in [0.2, 0.25) is 0 Å². The number of nitrogens with zero attached hydrogens (tertiary/aromatic N) is 1. The van der Waals surface area contributed by atoms with E-state index in [1.807, 2.05) is 6.92 Å². The topological polar surface area (TPSA) is 97.2 Å². The van der Waals surface area contributed by atoms with Gasteiger partial charge >= 0.3 is 5.97 Å². The molecule has 0 radical (unpaired) electrons. The van der Waals surface area contributed by atoms with Gasteiger partial charge in [0.2, 0.25) is 6.10 Å². The molecule has 0 spiro atoms. The summed E-state index contributed by atoms with van der Waals surface area (Å²) in [5.74, 6) is -1.51. The number of methoxy groups -OCH3 is 1. The van der Waals surface area contributed by atoms with Crippen molar-refractivity contribution in [2.24, 2.45) is 5.16 Å². The normalized spacial score (nSPS) is 20.4. The molecule has 0 bridgehead atoms. The van der Waals surface area contributed by atoms with Gasteiger partial charge in [0.1, 0.15) is 0 Å². The lowest BCUT2D eigenvalue weighted by Crippen LogP contribution is -2.40. The molecule has 0 aromatic heterocycles. The quantitative estimate of drug-likeness (QED) is 0.672. The first-order chi connectivity index (χ1) is 8.04. The summed E-state index contributed by atoms with van der Waals surface area (Å²) in [4.78, 5) is 27.0. The number of hydrogen-bond acceptors (Lipinski definition) is 5. The van der Waals surface area contributed by atoms with Crippen molar-refractivity contribution in [1.82, 2.24) is 5.32 Å². The van der Waals surface area contributed by atoms with E-state index in [1.54, 1.807) is 7.11 Å². The third kappa shape index (κ3) is 4.03. The number of ether oxygens (including phenoxy) is 1. The van der Waals surface area contributed by atoms with Crippen molar-refractivity contribution in [1.29, 1.82) is 0 Å². The Morgan fingerprint density at radius 1 is 1.71 bits per heavy atom. The molecule has 0 aromatic carbocycles. The minimum atomic E-state index is -1.16. The molecule has 7 nitrogen and oxygen atoms in total. The van der Waals surface area contributed by atoms with Crippen molar-refractivity contribution in [3.05, 3.63) is 0 Å². The molecule has 2 N–H and O–H groups in total. The molecule has 0 aromatic rings. The summed E-state index contributed by atoms with van der Waals surface area (Å²) in [7, 11) is 1.58. The van der Waals surface area contributed by atoms with Crippen LogP contribution in [0.4, 0.5) is 0 Å². The second-order valence-electron chi connectivity index (χ2n) is 3.83. The second kappa shape index (κ2) is 6.19. The Morgan fingerprint density at radius 3 is 2.94 bits per heavy atom. The summed E-state index contributed by atoms with van der Waals surface area (Å²) < 4.78 is 4.89. The number of amides is 1. The molecule has 0 saturated heterocycles. The first-order valence-electron chi connectivity index (χ1n) is 5.30. The Bertz CT molecular complexity index is 329. The molecule has 7 heteroatoms. The van der Waals surface area contributed by atoms with Crippen LogP contribution in [0.25, 0.3) is 0 Å². The molecule has 0 aliphatic carbocycles. The third-order valence-corrected chi connectivity index (χ3v) is 2.35. The minimum absolute atomic E-state index is 0.00182. The zero-order valence-electron chi connectivity index (χ0n) is 9.80. The highest BCUT2D eigenvalue weighted by Crippen LogP contribution is 2.11. The lowest BCUT2D eigenvalue weighted by atomic mass is 10.1. The molecule has 1 aliphatic rings. The summed E-state index contributed by atoms with van der Waals surface area (Å²) in [6.45, 7) is 2.38. The maximum atomic E-state index is 11.6. The van der Waals surface area contributed by atoms with E-state index in [4.69, 9.17) is 14.7 Å². The Hall–Kier alpha value is -1.63. The van der Waals surface area contributed by atoms with Gasteiger partial charge in [0.05, 0.1) is 0 Å². The van der Waals surface area contributed by atoms with Crippen LogP contribution in [0.3, 0.4) is 0 Å². The summed E-state index contributed by atoms with van der Waals surface area (Å²) >= 11 is 0. The number of carboxylic acids is 1. The summed E-state index contributed by atoms with van der Waals surface area (Å²) in [5, 5.41) is 14.7. The monoisotopic (exact) mass is 244 g/mol. The van der Waals surface area contributed by atoms with E-state index in [-0.39, 0.29) is 24.1 Å². The van der Waals surface area contributed by atoms with Crippen LogP contribution in [0.15, 0.2) is 5.16 Å². The number of nitrogens with one attached hydrogen (secondary N) is 1. The number of carboxylic acid groups (broad SMARTS) is 1. The number of oxime groups is 1. The number of hydrogen-bond donors (Lipinski definition) is 2. The Morgan fingerprint density at radius 2 is 2.41 bits per heavy atom. The van der Waals surface area contributed by atoms with Crippen molar-refractivity contribution >= 4 is 17.6 Å². The molecule has 96 valence electrons. The van der Waals surface area contributed by atoms with Crippen molar-refractivity contribution in [3.8, 4) is 0 Å². The molecule has 1 amide bonds. The predicted octanol–water partition coefficient (Wildman–Crippen LogP) is -0.243. The van der Waals surface area contributed by atoms with E-state index in [2.05, 4.69) is 10.5 Å². The molecule has 1 rings (SSSR count). The van der Waals surface area contributed by atoms with Gasteiger partial charge in [-0.2, -0.15) is 0 Å². The number of carbonyl (C=O) groups excluding carboxylic acids is 1. The van der Waals surface area contributed by atoms with Gasteiger partial charge in [-0.05, 0) is 13.3 Å². The first-order valence-corrected chi connectivity index (χ1v) is 5.30. The molecular weight excluding hydrogens is 228 g/mol. The number of rotatable bonds is 6. The molecule has 0 fully saturated rings. The second-order valence-corrected chi connectivity index (χ2v) is 3.83. The molecule has 1 aliphatic heterocycles. The maximum absolute atomic E-state index is 11.6. The molecular formula is C10H16N2O5. The van der Waals surface area contributed by atoms with Crippen molar-refractivity contribution < 1.29 is 24.3 Å². The largest absolute Gasteiger partial charge is 0.477 e. The van der Waals surface area contributed by atoms with Crippen LogP contribution in [0.1, 0.15) is 19.8 Å². The highest BCUT2D eigenvalue weighted by Gasteiger charge is 2.31. The van der Waals surface area contributed by atoms with Crippen LogP contribution >= 0.6 is 0 Å². The highest BCUT2D eigenvalue weighted by atomic mass is 16.6. The average Bonchev–Trinajstić information content (AvgIpc) is 2.75. The van der Waals surface area contributed by atoms with Gasteiger partial charge in [0.25, 0.3) is 5.91 Å². The summed E-state index contributed by atoms with van der Waals surface area (Å²) in [6, 6.07) is -0.0556. The molecule has 2 atom stereocenters. The van der Waals surface area contributed by atoms with Crippen molar-refractivity contribution in [3.63, 3.8) is 0 Å². The van der Waals surface area contributed by atoms with E-state index in [0.29, 0.717) is 13.0 Å². The van der Waals surface area contributed by atoms with Crippen molar-refractivity contribution in [2.45, 2.75) is 31.9 Å². The van der Waals surface area contributed by atoms with Gasteiger partial charge < -0.3 is 20.0 Å². The molecule has 1 heterocycles. The van der Waals surface area contributed by atoms with Gasteiger partial charge in [0, 0.05) is 26.2 Å². The highest BCUT2D eigenvalue weighted by molar-refractivity contribution is 6.36. The van der Waals surface area contributed by atoms with Crippen LogP contribution in [0.5, 0.6) is 0 Å². The van der Waals surface area contributed by atoms with Gasteiger partial charge in [-0.1, -0.05) is 5.16 Å². The number of carbonyl (C=O) groups is 2. The van der Waals surface area contributed by atoms with E-state index in [0.717, 1.165) is 0 Å². The average molecular weight is 244 g/mol. The van der Waals surface area contributed by atoms with Gasteiger partial charge in [0.15, 0.2) is 5.71 Å². The zero-order chi connectivity index (χ0) is 12.8. The van der Waals surface area contributed by atoms with Crippen LogP contribution in [-0.2, 0) is 19.2 Å². The SMILES string of the molecule is COCCC(C)NC(=O)C1CC(C(=O)O)=NO1. The maximum Gasteiger partial charge on any atom is 0.353 e. The van der Waals surface area contributed by atoms with Crippen LogP contribution in [-0.4, -0.2) is 48.6 Å². The predicted molar refractivity (Wildman–Crippen MR) is 58.7 cm³/mol. The fraction of sp³-hybridized carbons (Fsp3) is 0.700. The van der Waals surface area contributed by atoms with Gasteiger partial charge in [-0.25, -0.2) is 4.79 Å². The smallest absolute Gasteiger partial charge is 0.353 e. The lowest BCUT2D eigenvalue weighted by molar-refractivity contribution is -0.132. The third-order valence-electron chi connectivity index (χ3n) is 2.35. The Balaban J connectivity index is 2.33. The van der Waals surface area contributed by atoms with Gasteiger partial charge in [-0.3, -0.25) is 4.79 Å². The Labute approximate surface area is 98.8 Å². The summed E-state index contributed by atoms with van der Waals surface area (Å²) in [6.07, 6.45) is -0.161. The molecule has 17 heavy (non-hydrogen) atoms. The van der Waals surface area contributed by atoms with Gasteiger partial charge in [-0.15, -0.1) is 0 Å². The fourth-order valence-electron chi connectivity index (χ4n) is 1.35. The first kappa shape index (κ1) is 13.4. The lowest BCUT2D eigenvalue weighted by Gasteiger charge is -2.15. The summed E-state index contributed by atoms with van der Waals surface area (Å²) in [5.41, 5.74) is -0.130. The Kier molecular flexibility index (Phi) is 4.89. The van der Waals surface area contributed by atoms with Crippen molar-refractivity contribution in [2.75, 3.05) is 13.7 Å². The van der Waals surface area contributed by atoms with E-state index < -0.39 is 12.1 Å². The van der Waals surface area contributed by atoms with E-state index in [1.165, 1.54) is 0 Å². The van der Waals surface area contributed by atoms with Crippen LogP contribution < -0.4 is 5.32 Å². The molecule has 0 saturated carbocycles. The molecule has 2 unspecified atom stereocenters. The number of aliphatic carboxylic acids is 1.